The molecule has 29 heavy (non-hydrogen) atoms. The standard InChI is InChI=1S/C20H31FN2O5S/c1-15(23-29(25,26)12-4-2-3-10-28-20(24)14-22)17-7-8-18(21)19(13-17)27-11-9-16-5-6-16/h7-8,13,15-16,23H,2-6,9-12,14,22H2,1H3. The Kier molecular flexibility index (Phi) is 9.32. The number of rotatable bonds is 14. The van der Waals surface area contributed by atoms with Gasteiger partial charge in [-0.2, -0.15) is 0 Å². The van der Waals surface area contributed by atoms with Crippen molar-refractivity contribution >= 4 is 16.0 Å². The Balaban J connectivity index is 1.76. The molecule has 1 aliphatic carbocycles. The van der Waals surface area contributed by atoms with Crippen molar-refractivity contribution in [2.75, 3.05) is 25.5 Å². The van der Waals surface area contributed by atoms with Gasteiger partial charge < -0.3 is 15.2 Å². The lowest BCUT2D eigenvalue weighted by molar-refractivity contribution is -0.142. The molecule has 0 aliphatic heterocycles. The molecule has 7 nitrogen and oxygen atoms in total. The lowest BCUT2D eigenvalue weighted by Crippen LogP contribution is -2.29. The van der Waals surface area contributed by atoms with Gasteiger partial charge in [0, 0.05) is 6.04 Å². The summed E-state index contributed by atoms with van der Waals surface area (Å²) in [5.74, 6) is -0.104. The predicted molar refractivity (Wildman–Crippen MR) is 108 cm³/mol. The second-order valence-corrected chi connectivity index (χ2v) is 9.29. The Bertz CT molecular complexity index is 768. The molecule has 1 fully saturated rings. The second kappa shape index (κ2) is 11.5. The minimum absolute atomic E-state index is 0.0336. The first kappa shape index (κ1) is 23.6. The molecule has 9 heteroatoms. The highest BCUT2D eigenvalue weighted by Crippen LogP contribution is 2.32. The third kappa shape index (κ3) is 9.10. The molecule has 0 saturated heterocycles. The van der Waals surface area contributed by atoms with E-state index in [9.17, 15) is 17.6 Å². The Morgan fingerprint density at radius 2 is 2.03 bits per heavy atom. The van der Waals surface area contributed by atoms with Crippen LogP contribution in [-0.4, -0.2) is 39.9 Å². The fourth-order valence-corrected chi connectivity index (χ4v) is 4.23. The van der Waals surface area contributed by atoms with E-state index in [2.05, 4.69) is 4.72 Å². The quantitative estimate of drug-likeness (QED) is 0.347. The van der Waals surface area contributed by atoms with Crippen molar-refractivity contribution in [1.29, 1.82) is 0 Å². The zero-order chi connectivity index (χ0) is 21.3. The molecule has 3 N–H and O–H groups in total. The van der Waals surface area contributed by atoms with E-state index in [1.54, 1.807) is 19.1 Å². The van der Waals surface area contributed by atoms with Crippen molar-refractivity contribution in [2.45, 2.75) is 51.5 Å². The van der Waals surface area contributed by atoms with Gasteiger partial charge in [-0.1, -0.05) is 18.9 Å². The lowest BCUT2D eigenvalue weighted by Gasteiger charge is -2.16. The Morgan fingerprint density at radius 1 is 1.28 bits per heavy atom. The van der Waals surface area contributed by atoms with Crippen LogP contribution in [0, 0.1) is 11.7 Å². The van der Waals surface area contributed by atoms with E-state index in [1.807, 2.05) is 0 Å². The van der Waals surface area contributed by atoms with Crippen LogP contribution in [0.2, 0.25) is 0 Å². The SMILES string of the molecule is CC(NS(=O)(=O)CCCCCOC(=O)CN)c1ccc(F)c(OCCC2CC2)c1. The van der Waals surface area contributed by atoms with Gasteiger partial charge in [0.25, 0.3) is 0 Å². The molecule has 0 bridgehead atoms. The number of sulfonamides is 1. The van der Waals surface area contributed by atoms with Crippen LogP contribution in [0.15, 0.2) is 18.2 Å². The molecular weight excluding hydrogens is 399 g/mol. The first-order chi connectivity index (χ1) is 13.8. The van der Waals surface area contributed by atoms with Gasteiger partial charge in [0.15, 0.2) is 11.6 Å². The molecule has 1 atom stereocenters. The molecular formula is C20H31FN2O5S. The van der Waals surface area contributed by atoms with Gasteiger partial charge in [-0.3, -0.25) is 4.79 Å². The van der Waals surface area contributed by atoms with Crippen LogP contribution < -0.4 is 15.2 Å². The number of nitrogens with two attached hydrogens (primary N) is 1. The summed E-state index contributed by atoms with van der Waals surface area (Å²) < 4.78 is 51.5. The van der Waals surface area contributed by atoms with Crippen molar-refractivity contribution in [2.24, 2.45) is 11.7 Å². The number of nitrogens with one attached hydrogen (secondary N) is 1. The molecule has 1 saturated carbocycles. The zero-order valence-corrected chi connectivity index (χ0v) is 17.7. The number of carbonyl (C=O) groups excluding carboxylic acids is 1. The Hall–Kier alpha value is -1.71. The van der Waals surface area contributed by atoms with Gasteiger partial charge in [-0.15, -0.1) is 0 Å². The smallest absolute Gasteiger partial charge is 0.319 e. The van der Waals surface area contributed by atoms with Crippen molar-refractivity contribution in [3.05, 3.63) is 29.6 Å². The first-order valence-electron chi connectivity index (χ1n) is 10.1. The number of unbranched alkanes of at least 4 members (excludes halogenated alkanes) is 2. The molecule has 0 spiro atoms. The van der Waals surface area contributed by atoms with Crippen LogP contribution in [0.4, 0.5) is 4.39 Å². The van der Waals surface area contributed by atoms with Gasteiger partial charge in [0.2, 0.25) is 10.0 Å². The maximum Gasteiger partial charge on any atom is 0.319 e. The topological polar surface area (TPSA) is 108 Å². The van der Waals surface area contributed by atoms with E-state index >= 15 is 0 Å². The van der Waals surface area contributed by atoms with Gasteiger partial charge in [-0.25, -0.2) is 17.5 Å². The maximum atomic E-state index is 14.0. The van der Waals surface area contributed by atoms with E-state index in [1.165, 1.54) is 18.9 Å². The van der Waals surface area contributed by atoms with E-state index in [4.69, 9.17) is 15.2 Å². The van der Waals surface area contributed by atoms with E-state index in [-0.39, 0.29) is 24.7 Å². The highest BCUT2D eigenvalue weighted by Gasteiger charge is 2.21. The van der Waals surface area contributed by atoms with E-state index in [0.29, 0.717) is 37.4 Å². The highest BCUT2D eigenvalue weighted by atomic mass is 32.2. The van der Waals surface area contributed by atoms with Crippen LogP contribution in [0.3, 0.4) is 0 Å². The molecule has 0 aromatic heterocycles. The molecule has 1 unspecified atom stereocenters. The molecule has 0 radical (unpaired) electrons. The summed E-state index contributed by atoms with van der Waals surface area (Å²) in [6.45, 7) is 2.25. The van der Waals surface area contributed by atoms with Gasteiger partial charge >= 0.3 is 5.97 Å². The number of benzene rings is 1. The largest absolute Gasteiger partial charge is 0.490 e. The van der Waals surface area contributed by atoms with E-state index in [0.717, 1.165) is 6.42 Å². The molecule has 0 heterocycles. The van der Waals surface area contributed by atoms with Crippen molar-refractivity contribution in [3.8, 4) is 5.75 Å². The minimum atomic E-state index is -3.49. The number of carbonyl (C=O) groups is 1. The normalized spacial score (nSPS) is 15.1. The average Bonchev–Trinajstić information content (AvgIpc) is 3.49. The average molecular weight is 431 g/mol. The Labute approximate surface area is 172 Å². The van der Waals surface area contributed by atoms with E-state index < -0.39 is 27.9 Å². The molecule has 2 rings (SSSR count). The maximum absolute atomic E-state index is 14.0. The molecule has 164 valence electrons. The van der Waals surface area contributed by atoms with Gasteiger partial charge in [0.1, 0.15) is 0 Å². The number of hydrogen-bond acceptors (Lipinski definition) is 6. The third-order valence-corrected chi connectivity index (χ3v) is 6.32. The fraction of sp³-hybridized carbons (Fsp3) is 0.650. The molecule has 1 aromatic rings. The van der Waals surface area contributed by atoms with Gasteiger partial charge in [-0.05, 0) is 56.2 Å². The summed E-state index contributed by atoms with van der Waals surface area (Å²) in [5, 5.41) is 0. The molecule has 1 aromatic carbocycles. The van der Waals surface area contributed by atoms with Crippen LogP contribution in [0.5, 0.6) is 5.75 Å². The predicted octanol–water partition coefficient (Wildman–Crippen LogP) is 2.66. The van der Waals surface area contributed by atoms with Crippen molar-refractivity contribution in [1.82, 2.24) is 4.72 Å². The minimum Gasteiger partial charge on any atom is -0.490 e. The lowest BCUT2D eigenvalue weighted by atomic mass is 10.1. The monoisotopic (exact) mass is 430 g/mol. The number of halogens is 1. The summed E-state index contributed by atoms with van der Waals surface area (Å²) in [6.07, 6.45) is 4.98. The van der Waals surface area contributed by atoms with Crippen LogP contribution in [0.1, 0.15) is 57.1 Å². The first-order valence-corrected chi connectivity index (χ1v) is 11.7. The van der Waals surface area contributed by atoms with Crippen molar-refractivity contribution < 1.29 is 27.1 Å². The summed E-state index contributed by atoms with van der Waals surface area (Å²) in [7, 11) is -3.49. The molecule has 0 amide bonds. The van der Waals surface area contributed by atoms with Gasteiger partial charge in [0.05, 0.1) is 25.5 Å². The Morgan fingerprint density at radius 3 is 2.72 bits per heavy atom. The fourth-order valence-electron chi connectivity index (χ4n) is 2.85. The summed E-state index contributed by atoms with van der Waals surface area (Å²) in [4.78, 5) is 10.9. The van der Waals surface area contributed by atoms with Crippen LogP contribution >= 0.6 is 0 Å². The number of esters is 1. The van der Waals surface area contributed by atoms with Crippen LogP contribution in [-0.2, 0) is 19.6 Å². The molecule has 1 aliphatic rings. The summed E-state index contributed by atoms with van der Waals surface area (Å²) >= 11 is 0. The zero-order valence-electron chi connectivity index (χ0n) is 16.9. The van der Waals surface area contributed by atoms with Crippen LogP contribution in [0.25, 0.3) is 0 Å². The number of hydrogen-bond donors (Lipinski definition) is 2. The summed E-state index contributed by atoms with van der Waals surface area (Å²) in [5.41, 5.74) is 5.77. The van der Waals surface area contributed by atoms with Crippen molar-refractivity contribution in [3.63, 3.8) is 0 Å². The third-order valence-electron chi connectivity index (χ3n) is 4.78. The number of ether oxygens (including phenoxy) is 2. The summed E-state index contributed by atoms with van der Waals surface area (Å²) in [6, 6.07) is 3.91. The second-order valence-electron chi connectivity index (χ2n) is 7.41. The highest BCUT2D eigenvalue weighted by molar-refractivity contribution is 7.89.